The summed E-state index contributed by atoms with van der Waals surface area (Å²) in [5, 5.41) is 6.30. The second kappa shape index (κ2) is 7.45. The fourth-order valence-corrected chi connectivity index (χ4v) is 4.26. The highest BCUT2D eigenvalue weighted by atomic mass is 32.1. The van der Waals surface area contributed by atoms with E-state index >= 15 is 0 Å². The van der Waals surface area contributed by atoms with Crippen LogP contribution < -0.4 is 5.32 Å². The second-order valence-electron chi connectivity index (χ2n) is 6.56. The summed E-state index contributed by atoms with van der Waals surface area (Å²) in [7, 11) is 0. The van der Waals surface area contributed by atoms with Gasteiger partial charge in [-0.25, -0.2) is 14.4 Å². The van der Waals surface area contributed by atoms with E-state index in [0.717, 1.165) is 37.4 Å². The van der Waals surface area contributed by atoms with Gasteiger partial charge in [0.1, 0.15) is 23.5 Å². The van der Waals surface area contributed by atoms with Crippen molar-refractivity contribution in [2.75, 3.05) is 25.0 Å². The van der Waals surface area contributed by atoms with E-state index in [0.29, 0.717) is 11.4 Å². The van der Waals surface area contributed by atoms with Crippen LogP contribution in [0.5, 0.6) is 0 Å². The van der Waals surface area contributed by atoms with Crippen molar-refractivity contribution in [3.8, 4) is 0 Å². The van der Waals surface area contributed by atoms with E-state index in [1.807, 2.05) is 17.4 Å². The van der Waals surface area contributed by atoms with Crippen LogP contribution in [0.25, 0.3) is 10.9 Å². The quantitative estimate of drug-likeness (QED) is 0.745. The van der Waals surface area contributed by atoms with Gasteiger partial charge in [0.25, 0.3) is 0 Å². The lowest BCUT2D eigenvalue weighted by Gasteiger charge is -2.32. The Morgan fingerprint density at radius 1 is 1.24 bits per heavy atom. The standard InChI is InChI=1S/C19H21FN4S/c20-17-7-1-6-16-18(17)22-13-23-19(16)21-10-14-4-2-8-24(11-14)12-15-5-3-9-25-15/h1,3,5-7,9,13-14H,2,4,8,10-12H2,(H,21,22,23). The summed E-state index contributed by atoms with van der Waals surface area (Å²) in [6.45, 7) is 4.14. The van der Waals surface area contributed by atoms with Crippen LogP contribution in [0.2, 0.25) is 0 Å². The summed E-state index contributed by atoms with van der Waals surface area (Å²) in [6.07, 6.45) is 3.86. The van der Waals surface area contributed by atoms with Crippen LogP contribution in [-0.2, 0) is 6.54 Å². The Labute approximate surface area is 150 Å². The minimum absolute atomic E-state index is 0.303. The van der Waals surface area contributed by atoms with Crippen molar-refractivity contribution >= 4 is 28.1 Å². The van der Waals surface area contributed by atoms with Gasteiger partial charge in [0.05, 0.1) is 0 Å². The van der Waals surface area contributed by atoms with E-state index in [2.05, 4.69) is 37.7 Å². The summed E-state index contributed by atoms with van der Waals surface area (Å²) in [4.78, 5) is 12.3. The van der Waals surface area contributed by atoms with Gasteiger partial charge in [0, 0.05) is 29.9 Å². The maximum atomic E-state index is 13.9. The maximum absolute atomic E-state index is 13.9. The number of fused-ring (bicyclic) bond motifs is 1. The SMILES string of the molecule is Fc1cccc2c(NCC3CCCN(Cc4cccs4)C3)ncnc12. The lowest BCUT2D eigenvalue weighted by molar-refractivity contribution is 0.174. The molecule has 4 rings (SSSR count). The van der Waals surface area contributed by atoms with Crippen LogP contribution in [0.15, 0.2) is 42.0 Å². The van der Waals surface area contributed by atoms with Gasteiger partial charge in [-0.2, -0.15) is 0 Å². The first-order valence-electron chi connectivity index (χ1n) is 8.67. The van der Waals surface area contributed by atoms with E-state index < -0.39 is 0 Å². The zero-order valence-electron chi connectivity index (χ0n) is 14.0. The molecule has 0 aliphatic carbocycles. The molecule has 2 aromatic heterocycles. The number of likely N-dealkylation sites (tertiary alicyclic amines) is 1. The van der Waals surface area contributed by atoms with Gasteiger partial charge >= 0.3 is 0 Å². The molecule has 0 bridgehead atoms. The molecule has 1 aliphatic heterocycles. The first kappa shape index (κ1) is 16.4. The molecule has 4 nitrogen and oxygen atoms in total. The Kier molecular flexibility index (Phi) is 4.90. The lowest BCUT2D eigenvalue weighted by atomic mass is 9.98. The number of para-hydroxylation sites is 1. The Bertz CT molecular complexity index is 837. The number of benzene rings is 1. The molecule has 0 saturated carbocycles. The van der Waals surface area contributed by atoms with Gasteiger partial charge in [-0.05, 0) is 48.9 Å². The molecule has 130 valence electrons. The predicted octanol–water partition coefficient (Wildman–Crippen LogP) is 4.15. The van der Waals surface area contributed by atoms with Crippen molar-refractivity contribution in [2.24, 2.45) is 5.92 Å². The molecular weight excluding hydrogens is 335 g/mol. The first-order valence-corrected chi connectivity index (χ1v) is 9.55. The van der Waals surface area contributed by atoms with E-state index in [9.17, 15) is 4.39 Å². The zero-order chi connectivity index (χ0) is 17.1. The molecule has 1 atom stereocenters. The number of hydrogen-bond acceptors (Lipinski definition) is 5. The van der Waals surface area contributed by atoms with Crippen molar-refractivity contribution in [1.29, 1.82) is 0 Å². The third kappa shape index (κ3) is 3.80. The van der Waals surface area contributed by atoms with E-state index in [1.54, 1.807) is 6.07 Å². The fourth-order valence-electron chi connectivity index (χ4n) is 3.52. The molecule has 0 amide bonds. The molecule has 1 unspecified atom stereocenters. The Morgan fingerprint density at radius 2 is 2.20 bits per heavy atom. The number of piperidine rings is 1. The average Bonchev–Trinajstić information content (AvgIpc) is 3.14. The molecule has 25 heavy (non-hydrogen) atoms. The van der Waals surface area contributed by atoms with Crippen molar-refractivity contribution < 1.29 is 4.39 Å². The summed E-state index contributed by atoms with van der Waals surface area (Å²) < 4.78 is 13.9. The highest BCUT2D eigenvalue weighted by Crippen LogP contribution is 2.24. The van der Waals surface area contributed by atoms with Crippen LogP contribution in [0.3, 0.4) is 0 Å². The Hall–Kier alpha value is -2.05. The van der Waals surface area contributed by atoms with E-state index in [1.165, 1.54) is 30.1 Å². The van der Waals surface area contributed by atoms with Gasteiger partial charge in [-0.15, -0.1) is 11.3 Å². The fraction of sp³-hybridized carbons (Fsp3) is 0.368. The van der Waals surface area contributed by atoms with Gasteiger partial charge in [0.2, 0.25) is 0 Å². The summed E-state index contributed by atoms with van der Waals surface area (Å²) in [5.41, 5.74) is 0.378. The lowest BCUT2D eigenvalue weighted by Crippen LogP contribution is -2.37. The number of hydrogen-bond donors (Lipinski definition) is 1. The normalized spacial score (nSPS) is 18.5. The number of halogens is 1. The highest BCUT2D eigenvalue weighted by Gasteiger charge is 2.20. The Balaban J connectivity index is 1.40. The molecule has 1 saturated heterocycles. The van der Waals surface area contributed by atoms with Gasteiger partial charge < -0.3 is 5.32 Å². The van der Waals surface area contributed by atoms with Crippen molar-refractivity contribution in [2.45, 2.75) is 19.4 Å². The van der Waals surface area contributed by atoms with Gasteiger partial charge in [-0.1, -0.05) is 12.1 Å². The number of nitrogens with zero attached hydrogens (tertiary/aromatic N) is 3. The smallest absolute Gasteiger partial charge is 0.149 e. The summed E-state index contributed by atoms with van der Waals surface area (Å²) >= 11 is 1.82. The highest BCUT2D eigenvalue weighted by molar-refractivity contribution is 7.09. The first-order chi connectivity index (χ1) is 12.3. The third-order valence-corrected chi connectivity index (χ3v) is 5.60. The monoisotopic (exact) mass is 356 g/mol. The number of anilines is 1. The number of nitrogens with one attached hydrogen (secondary N) is 1. The molecule has 1 N–H and O–H groups in total. The molecule has 1 aromatic carbocycles. The minimum Gasteiger partial charge on any atom is -0.369 e. The van der Waals surface area contributed by atoms with Gasteiger partial charge in [0.15, 0.2) is 0 Å². The van der Waals surface area contributed by atoms with Crippen molar-refractivity contribution in [1.82, 2.24) is 14.9 Å². The molecular formula is C19H21FN4S. The van der Waals surface area contributed by atoms with Crippen molar-refractivity contribution in [3.05, 3.63) is 52.7 Å². The Morgan fingerprint density at radius 3 is 3.08 bits per heavy atom. The minimum atomic E-state index is -0.303. The molecule has 0 radical (unpaired) electrons. The molecule has 3 heterocycles. The molecule has 3 aromatic rings. The van der Waals surface area contributed by atoms with Crippen molar-refractivity contribution in [3.63, 3.8) is 0 Å². The van der Waals surface area contributed by atoms with E-state index in [4.69, 9.17) is 0 Å². The van der Waals surface area contributed by atoms with Crippen LogP contribution in [0.4, 0.5) is 10.2 Å². The molecule has 1 fully saturated rings. The third-order valence-electron chi connectivity index (χ3n) is 4.74. The molecule has 0 spiro atoms. The van der Waals surface area contributed by atoms with Crippen LogP contribution in [0.1, 0.15) is 17.7 Å². The van der Waals surface area contributed by atoms with Crippen LogP contribution in [-0.4, -0.2) is 34.5 Å². The maximum Gasteiger partial charge on any atom is 0.149 e. The zero-order valence-corrected chi connectivity index (χ0v) is 14.8. The predicted molar refractivity (Wildman–Crippen MR) is 100 cm³/mol. The van der Waals surface area contributed by atoms with E-state index in [-0.39, 0.29) is 5.82 Å². The average molecular weight is 356 g/mol. The number of thiophene rings is 1. The second-order valence-corrected chi connectivity index (χ2v) is 7.59. The summed E-state index contributed by atoms with van der Waals surface area (Å²) in [6, 6.07) is 9.32. The van der Waals surface area contributed by atoms with Crippen LogP contribution in [0, 0.1) is 11.7 Å². The molecule has 1 aliphatic rings. The topological polar surface area (TPSA) is 41.0 Å². The number of aromatic nitrogens is 2. The van der Waals surface area contributed by atoms with Crippen LogP contribution >= 0.6 is 11.3 Å². The summed E-state index contributed by atoms with van der Waals surface area (Å²) in [5.74, 6) is 0.995. The number of rotatable bonds is 5. The molecule has 6 heteroatoms. The largest absolute Gasteiger partial charge is 0.369 e. The van der Waals surface area contributed by atoms with Gasteiger partial charge in [-0.3, -0.25) is 4.90 Å².